The molecule has 0 atom stereocenters. The lowest BCUT2D eigenvalue weighted by atomic mass is 10.1. The SMILES string of the molecule is COc1cc(=C2C=c3ccccc3=N2)[nH]/c1=C/C1=C(C)C=C(C)C1. The van der Waals surface area contributed by atoms with E-state index in [1.54, 1.807) is 7.11 Å². The molecular formula is C21H20N2O. The normalized spacial score (nSPS) is 19.1. The third kappa shape index (κ3) is 2.52. The van der Waals surface area contributed by atoms with Gasteiger partial charge in [0.1, 0.15) is 5.75 Å². The molecule has 1 aromatic heterocycles. The molecule has 1 aliphatic carbocycles. The van der Waals surface area contributed by atoms with Gasteiger partial charge in [0.25, 0.3) is 0 Å². The number of rotatable bonds is 2. The summed E-state index contributed by atoms with van der Waals surface area (Å²) in [6.45, 7) is 4.32. The van der Waals surface area contributed by atoms with Crippen LogP contribution in [0.3, 0.4) is 0 Å². The van der Waals surface area contributed by atoms with Gasteiger partial charge in [-0.25, -0.2) is 4.99 Å². The highest BCUT2D eigenvalue weighted by Gasteiger charge is 2.10. The zero-order chi connectivity index (χ0) is 16.7. The molecule has 0 unspecified atom stereocenters. The predicted molar refractivity (Wildman–Crippen MR) is 97.2 cm³/mol. The van der Waals surface area contributed by atoms with Gasteiger partial charge in [-0.15, -0.1) is 0 Å². The molecule has 0 fully saturated rings. The molecule has 4 rings (SSSR count). The number of hydrogen-bond acceptors (Lipinski definition) is 2. The molecule has 120 valence electrons. The molecule has 2 aliphatic rings. The van der Waals surface area contributed by atoms with Gasteiger partial charge in [0, 0.05) is 11.3 Å². The summed E-state index contributed by atoms with van der Waals surface area (Å²) >= 11 is 0. The maximum absolute atomic E-state index is 5.56. The number of H-pyrrole nitrogens is 1. The first-order chi connectivity index (χ1) is 11.6. The summed E-state index contributed by atoms with van der Waals surface area (Å²) in [6, 6.07) is 10.2. The Morgan fingerprint density at radius 2 is 2.00 bits per heavy atom. The molecule has 1 aliphatic heterocycles. The lowest BCUT2D eigenvalue weighted by molar-refractivity contribution is 0.412. The molecule has 0 amide bonds. The number of aromatic amines is 1. The topological polar surface area (TPSA) is 37.4 Å². The lowest BCUT2D eigenvalue weighted by Crippen LogP contribution is -2.19. The van der Waals surface area contributed by atoms with E-state index in [4.69, 9.17) is 9.73 Å². The molecule has 3 nitrogen and oxygen atoms in total. The summed E-state index contributed by atoms with van der Waals surface area (Å²) in [4.78, 5) is 8.18. The van der Waals surface area contributed by atoms with Crippen LogP contribution >= 0.6 is 0 Å². The van der Waals surface area contributed by atoms with E-state index < -0.39 is 0 Å². The minimum Gasteiger partial charge on any atom is -0.494 e. The number of fused-ring (bicyclic) bond motifs is 1. The number of para-hydroxylation sites is 1. The molecule has 24 heavy (non-hydrogen) atoms. The standard InChI is InChI=1S/C21H20N2O/c1-13-8-14(2)16(9-13)11-20-21(24-3)12-19(23-20)18-10-15-6-4-5-7-17(15)22-18/h4-8,10-12,23H,9H2,1-3H3/b19-18?,20-11+. The van der Waals surface area contributed by atoms with Gasteiger partial charge >= 0.3 is 0 Å². The minimum atomic E-state index is 0.849. The van der Waals surface area contributed by atoms with Gasteiger partial charge in [0.2, 0.25) is 0 Å². The van der Waals surface area contributed by atoms with Gasteiger partial charge in [-0.05, 0) is 49.6 Å². The van der Waals surface area contributed by atoms with Crippen LogP contribution in [0, 0.1) is 0 Å². The van der Waals surface area contributed by atoms with Crippen LogP contribution in [0.1, 0.15) is 20.3 Å². The first kappa shape index (κ1) is 14.8. The molecule has 0 bridgehead atoms. The summed E-state index contributed by atoms with van der Waals surface area (Å²) in [5, 5.41) is 4.15. The van der Waals surface area contributed by atoms with E-state index in [1.165, 1.54) is 16.7 Å². The summed E-state index contributed by atoms with van der Waals surface area (Å²) in [5.74, 6) is 0.849. The zero-order valence-electron chi connectivity index (χ0n) is 14.2. The van der Waals surface area contributed by atoms with Crippen LogP contribution in [0.2, 0.25) is 0 Å². The van der Waals surface area contributed by atoms with Crippen LogP contribution in [0.15, 0.2) is 58.1 Å². The van der Waals surface area contributed by atoms with E-state index >= 15 is 0 Å². The Morgan fingerprint density at radius 1 is 1.17 bits per heavy atom. The zero-order valence-corrected chi connectivity index (χ0v) is 14.2. The molecule has 2 heterocycles. The Kier molecular flexibility index (Phi) is 3.49. The van der Waals surface area contributed by atoms with Crippen LogP contribution < -0.4 is 26.0 Å². The first-order valence-corrected chi connectivity index (χ1v) is 8.15. The third-order valence-corrected chi connectivity index (χ3v) is 4.53. The summed E-state index contributed by atoms with van der Waals surface area (Å²) < 4.78 is 5.56. The fourth-order valence-electron chi connectivity index (χ4n) is 3.32. The van der Waals surface area contributed by atoms with Crippen molar-refractivity contribution >= 4 is 17.8 Å². The fraction of sp³-hybridized carbons (Fsp3) is 0.190. The second-order valence-corrected chi connectivity index (χ2v) is 6.39. The minimum absolute atomic E-state index is 0.849. The number of ether oxygens (including phenoxy) is 1. The molecular weight excluding hydrogens is 296 g/mol. The van der Waals surface area contributed by atoms with Crippen molar-refractivity contribution in [3.8, 4) is 5.75 Å². The van der Waals surface area contributed by atoms with Gasteiger partial charge in [-0.1, -0.05) is 29.8 Å². The Hall–Kier alpha value is -2.81. The highest BCUT2D eigenvalue weighted by Crippen LogP contribution is 2.25. The van der Waals surface area contributed by atoms with Gasteiger partial charge < -0.3 is 9.72 Å². The molecule has 0 radical (unpaired) electrons. The van der Waals surface area contributed by atoms with Crippen LogP contribution in [-0.4, -0.2) is 12.1 Å². The predicted octanol–water partition coefficient (Wildman–Crippen LogP) is 1.69. The Balaban J connectivity index is 1.88. The number of hydrogen-bond donors (Lipinski definition) is 1. The van der Waals surface area contributed by atoms with E-state index in [1.807, 2.05) is 24.3 Å². The number of methoxy groups -OCH3 is 1. The highest BCUT2D eigenvalue weighted by molar-refractivity contribution is 5.76. The molecule has 0 saturated carbocycles. The van der Waals surface area contributed by atoms with Crippen molar-refractivity contribution in [3.05, 3.63) is 74.4 Å². The van der Waals surface area contributed by atoms with Crippen molar-refractivity contribution in [2.24, 2.45) is 4.99 Å². The molecule has 2 aromatic rings. The fourth-order valence-corrected chi connectivity index (χ4v) is 3.32. The number of benzene rings is 1. The molecule has 1 aromatic carbocycles. The van der Waals surface area contributed by atoms with Gasteiger partial charge in [0.05, 0.1) is 28.9 Å². The smallest absolute Gasteiger partial charge is 0.144 e. The van der Waals surface area contributed by atoms with Crippen molar-refractivity contribution in [1.82, 2.24) is 4.98 Å². The van der Waals surface area contributed by atoms with E-state index in [9.17, 15) is 0 Å². The van der Waals surface area contributed by atoms with E-state index in [0.717, 1.165) is 39.1 Å². The summed E-state index contributed by atoms with van der Waals surface area (Å²) in [5.41, 5.74) is 5.00. The Labute approximate surface area is 140 Å². The summed E-state index contributed by atoms with van der Waals surface area (Å²) in [6.07, 6.45) is 7.54. The maximum Gasteiger partial charge on any atom is 0.144 e. The van der Waals surface area contributed by atoms with Crippen molar-refractivity contribution in [2.75, 3.05) is 7.11 Å². The van der Waals surface area contributed by atoms with Gasteiger partial charge in [0.15, 0.2) is 0 Å². The van der Waals surface area contributed by atoms with Gasteiger partial charge in [-0.2, -0.15) is 0 Å². The van der Waals surface area contributed by atoms with Crippen LogP contribution in [0.5, 0.6) is 5.75 Å². The number of nitrogens with zero attached hydrogens (tertiary/aromatic N) is 1. The quantitative estimate of drug-likeness (QED) is 0.899. The van der Waals surface area contributed by atoms with Crippen molar-refractivity contribution < 1.29 is 4.74 Å². The second kappa shape index (κ2) is 5.68. The molecule has 3 heteroatoms. The lowest BCUT2D eigenvalue weighted by Gasteiger charge is -1.97. The number of aromatic nitrogens is 1. The van der Waals surface area contributed by atoms with Crippen LogP contribution in [-0.2, 0) is 0 Å². The number of nitrogens with one attached hydrogen (secondary N) is 1. The van der Waals surface area contributed by atoms with Crippen molar-refractivity contribution in [1.29, 1.82) is 0 Å². The largest absolute Gasteiger partial charge is 0.494 e. The number of allylic oxidation sites excluding steroid dienone is 4. The van der Waals surface area contributed by atoms with Crippen molar-refractivity contribution in [3.63, 3.8) is 0 Å². The third-order valence-electron chi connectivity index (χ3n) is 4.53. The van der Waals surface area contributed by atoms with Crippen molar-refractivity contribution in [2.45, 2.75) is 20.3 Å². The van der Waals surface area contributed by atoms with E-state index in [-0.39, 0.29) is 0 Å². The monoisotopic (exact) mass is 316 g/mol. The maximum atomic E-state index is 5.56. The molecule has 0 saturated heterocycles. The van der Waals surface area contributed by atoms with Crippen LogP contribution in [0.4, 0.5) is 0 Å². The Bertz CT molecular complexity index is 1090. The average molecular weight is 316 g/mol. The van der Waals surface area contributed by atoms with Gasteiger partial charge in [-0.3, -0.25) is 0 Å². The average Bonchev–Trinajstić information content (AvgIpc) is 3.24. The van der Waals surface area contributed by atoms with E-state index in [0.29, 0.717) is 0 Å². The van der Waals surface area contributed by atoms with Crippen LogP contribution in [0.25, 0.3) is 17.8 Å². The van der Waals surface area contributed by atoms with E-state index in [2.05, 4.69) is 43.1 Å². The Morgan fingerprint density at radius 3 is 2.71 bits per heavy atom. The highest BCUT2D eigenvalue weighted by atomic mass is 16.5. The first-order valence-electron chi connectivity index (χ1n) is 8.15. The molecule has 0 spiro atoms. The second-order valence-electron chi connectivity index (χ2n) is 6.39. The molecule has 1 N–H and O–H groups in total. The summed E-state index contributed by atoms with van der Waals surface area (Å²) in [7, 11) is 1.71.